The largest absolute Gasteiger partial charge is 0.493 e. The fourth-order valence-electron chi connectivity index (χ4n) is 3.40. The Morgan fingerprint density at radius 2 is 1.81 bits per heavy atom. The van der Waals surface area contributed by atoms with Crippen molar-refractivity contribution < 1.29 is 13.9 Å². The molecule has 0 radical (unpaired) electrons. The van der Waals surface area contributed by atoms with Gasteiger partial charge in [-0.15, -0.1) is 12.4 Å². The maximum atomic E-state index is 13.2. The van der Waals surface area contributed by atoms with Crippen LogP contribution in [0.2, 0.25) is 0 Å². The van der Waals surface area contributed by atoms with Crippen molar-refractivity contribution in [3.63, 3.8) is 0 Å². The van der Waals surface area contributed by atoms with Gasteiger partial charge in [-0.05, 0) is 29.7 Å². The highest BCUT2D eigenvalue weighted by atomic mass is 35.5. The highest BCUT2D eigenvalue weighted by Gasteiger charge is 2.23. The number of hydrogen-bond acceptors (Lipinski definition) is 4. The molecule has 0 saturated carbocycles. The lowest BCUT2D eigenvalue weighted by atomic mass is 10.0. The first-order valence-corrected chi connectivity index (χ1v) is 9.17. The normalized spacial score (nSPS) is 15.6. The van der Waals surface area contributed by atoms with Gasteiger partial charge in [-0.2, -0.15) is 0 Å². The third kappa shape index (κ3) is 5.83. The molecule has 148 valence electrons. The Morgan fingerprint density at radius 1 is 1.07 bits per heavy atom. The summed E-state index contributed by atoms with van der Waals surface area (Å²) in [6.45, 7) is 3.90. The van der Waals surface area contributed by atoms with E-state index >= 15 is 0 Å². The molecule has 1 aliphatic rings. The highest BCUT2D eigenvalue weighted by molar-refractivity contribution is 5.85. The molecule has 1 heterocycles. The van der Waals surface area contributed by atoms with Crippen LogP contribution in [0.15, 0.2) is 48.5 Å². The Balaban J connectivity index is 0.00000261. The van der Waals surface area contributed by atoms with Crippen LogP contribution in [-0.2, 0) is 6.61 Å². The fraction of sp³-hybridized carbons (Fsp3) is 0.429. The summed E-state index contributed by atoms with van der Waals surface area (Å²) in [5.74, 6) is 1.40. The number of methoxy groups -OCH3 is 1. The second kappa shape index (κ2) is 11.1. The molecule has 1 saturated heterocycles. The number of rotatable bonds is 8. The lowest BCUT2D eigenvalue weighted by molar-refractivity contribution is 0.157. The van der Waals surface area contributed by atoms with Gasteiger partial charge in [0, 0.05) is 32.2 Å². The number of ether oxygens (including phenoxy) is 2. The van der Waals surface area contributed by atoms with Crippen molar-refractivity contribution >= 4 is 12.4 Å². The molecule has 27 heavy (non-hydrogen) atoms. The van der Waals surface area contributed by atoms with E-state index in [9.17, 15) is 4.39 Å². The van der Waals surface area contributed by atoms with Gasteiger partial charge in [-0.25, -0.2) is 0 Å². The summed E-state index contributed by atoms with van der Waals surface area (Å²) in [5, 5.41) is 3.35. The van der Waals surface area contributed by atoms with Gasteiger partial charge in [0.25, 0.3) is 0 Å². The summed E-state index contributed by atoms with van der Waals surface area (Å²) < 4.78 is 24.6. The number of benzene rings is 2. The van der Waals surface area contributed by atoms with E-state index in [1.165, 1.54) is 0 Å². The van der Waals surface area contributed by atoms with Crippen LogP contribution in [0.25, 0.3) is 0 Å². The molecule has 1 N–H and O–H groups in total. The number of hydrogen-bond donors (Lipinski definition) is 1. The molecular formula is C21H28ClFN2O2. The van der Waals surface area contributed by atoms with Gasteiger partial charge in [0.15, 0.2) is 11.5 Å². The summed E-state index contributed by atoms with van der Waals surface area (Å²) in [4.78, 5) is 2.34. The van der Waals surface area contributed by atoms with E-state index in [1.807, 2.05) is 48.5 Å². The first-order chi connectivity index (χ1) is 12.8. The number of alkyl halides is 1. The maximum Gasteiger partial charge on any atom is 0.161 e. The maximum absolute atomic E-state index is 13.2. The predicted molar refractivity (Wildman–Crippen MR) is 109 cm³/mol. The van der Waals surface area contributed by atoms with Crippen molar-refractivity contribution in [1.29, 1.82) is 0 Å². The van der Waals surface area contributed by atoms with Crippen molar-refractivity contribution in [3.8, 4) is 11.5 Å². The summed E-state index contributed by atoms with van der Waals surface area (Å²) in [7, 11) is 1.64. The van der Waals surface area contributed by atoms with Crippen molar-refractivity contribution in [1.82, 2.24) is 10.2 Å². The molecule has 6 heteroatoms. The molecule has 1 aliphatic heterocycles. The zero-order valence-electron chi connectivity index (χ0n) is 15.7. The second-order valence-electron chi connectivity index (χ2n) is 6.46. The predicted octanol–water partition coefficient (Wildman–Crippen LogP) is 4.00. The Hall–Kier alpha value is -1.82. The van der Waals surface area contributed by atoms with Crippen LogP contribution in [0.4, 0.5) is 4.39 Å². The zero-order valence-corrected chi connectivity index (χ0v) is 16.5. The van der Waals surface area contributed by atoms with Gasteiger partial charge in [0.1, 0.15) is 6.61 Å². The first kappa shape index (κ1) is 21.5. The number of nitrogens with zero attached hydrogens (tertiary/aromatic N) is 1. The van der Waals surface area contributed by atoms with E-state index in [2.05, 4.69) is 10.2 Å². The highest BCUT2D eigenvalue weighted by Crippen LogP contribution is 2.34. The van der Waals surface area contributed by atoms with E-state index in [4.69, 9.17) is 9.47 Å². The van der Waals surface area contributed by atoms with Gasteiger partial charge in [-0.3, -0.25) is 9.29 Å². The van der Waals surface area contributed by atoms with Gasteiger partial charge in [-0.1, -0.05) is 36.4 Å². The second-order valence-corrected chi connectivity index (χ2v) is 6.46. The van der Waals surface area contributed by atoms with E-state index in [1.54, 1.807) is 7.11 Å². The summed E-state index contributed by atoms with van der Waals surface area (Å²) >= 11 is 0. The van der Waals surface area contributed by atoms with Crippen LogP contribution >= 0.6 is 12.4 Å². The molecule has 0 aliphatic carbocycles. The topological polar surface area (TPSA) is 33.7 Å². The van der Waals surface area contributed by atoms with E-state index < -0.39 is 0 Å². The van der Waals surface area contributed by atoms with E-state index in [0.29, 0.717) is 24.5 Å². The van der Waals surface area contributed by atoms with Crippen molar-refractivity contribution in [2.24, 2.45) is 0 Å². The molecule has 0 aromatic heterocycles. The number of nitrogens with one attached hydrogen (secondary N) is 1. The van der Waals surface area contributed by atoms with Gasteiger partial charge < -0.3 is 14.8 Å². The van der Waals surface area contributed by atoms with Crippen LogP contribution in [0.5, 0.6) is 11.5 Å². The van der Waals surface area contributed by atoms with Crippen LogP contribution in [0.1, 0.15) is 23.6 Å². The third-order valence-corrected chi connectivity index (χ3v) is 4.78. The van der Waals surface area contributed by atoms with Crippen LogP contribution in [0.3, 0.4) is 0 Å². The Kier molecular flexibility index (Phi) is 8.85. The van der Waals surface area contributed by atoms with E-state index in [-0.39, 0.29) is 25.1 Å². The summed E-state index contributed by atoms with van der Waals surface area (Å²) in [5.41, 5.74) is 2.18. The minimum absolute atomic E-state index is 0. The van der Waals surface area contributed by atoms with Crippen LogP contribution in [-0.4, -0.2) is 44.9 Å². The lowest BCUT2D eigenvalue weighted by Gasteiger charge is -2.35. The minimum atomic E-state index is -0.330. The third-order valence-electron chi connectivity index (χ3n) is 4.78. The molecule has 4 nitrogen and oxygen atoms in total. The number of piperazine rings is 1. The number of halogens is 2. The minimum Gasteiger partial charge on any atom is -0.493 e. The van der Waals surface area contributed by atoms with E-state index in [0.717, 1.165) is 37.3 Å². The standard InChI is InChI=1S/C21H27FN2O2.ClH/c1-25-21-15-18(19(9-10-22)24-13-11-23-12-14-24)7-8-20(21)26-16-17-5-3-2-4-6-17;/h2-8,15,19,23H,9-14,16H2,1H3;1H/t19-;/m0./s1. The van der Waals surface area contributed by atoms with Gasteiger partial charge in [0.2, 0.25) is 0 Å². The van der Waals surface area contributed by atoms with Crippen molar-refractivity contribution in [3.05, 3.63) is 59.7 Å². The fourth-order valence-corrected chi connectivity index (χ4v) is 3.40. The van der Waals surface area contributed by atoms with Gasteiger partial charge in [0.05, 0.1) is 13.8 Å². The SMILES string of the molecule is COc1cc([C@H](CCF)N2CCNCC2)ccc1OCc1ccccc1.Cl. The van der Waals surface area contributed by atoms with Crippen LogP contribution < -0.4 is 14.8 Å². The first-order valence-electron chi connectivity index (χ1n) is 9.17. The molecule has 1 atom stereocenters. The average molecular weight is 395 g/mol. The molecule has 3 rings (SSSR count). The lowest BCUT2D eigenvalue weighted by Crippen LogP contribution is -2.45. The zero-order chi connectivity index (χ0) is 18.2. The Labute approximate surface area is 167 Å². The molecule has 0 spiro atoms. The van der Waals surface area contributed by atoms with Crippen molar-refractivity contribution in [2.45, 2.75) is 19.1 Å². The summed E-state index contributed by atoms with van der Waals surface area (Å²) in [6.07, 6.45) is 0.493. The quantitative estimate of drug-likeness (QED) is 0.733. The molecule has 1 fully saturated rings. The smallest absolute Gasteiger partial charge is 0.161 e. The average Bonchev–Trinajstić information content (AvgIpc) is 2.72. The molecule has 0 amide bonds. The molecule has 0 unspecified atom stereocenters. The molecule has 2 aromatic rings. The van der Waals surface area contributed by atoms with Crippen LogP contribution in [0, 0.1) is 0 Å². The molecule has 2 aromatic carbocycles. The van der Waals surface area contributed by atoms with Gasteiger partial charge >= 0.3 is 0 Å². The summed E-state index contributed by atoms with van der Waals surface area (Å²) in [6, 6.07) is 16.1. The monoisotopic (exact) mass is 394 g/mol. The molecule has 0 bridgehead atoms. The van der Waals surface area contributed by atoms with Crippen molar-refractivity contribution in [2.75, 3.05) is 40.0 Å². The molecular weight excluding hydrogens is 367 g/mol. The Morgan fingerprint density at radius 3 is 2.48 bits per heavy atom. The Bertz CT molecular complexity index is 681.